The van der Waals surface area contributed by atoms with E-state index in [4.69, 9.17) is 4.74 Å². The molecule has 8 heteroatoms. The second kappa shape index (κ2) is 5.50. The van der Waals surface area contributed by atoms with Crippen molar-refractivity contribution in [3.8, 4) is 5.75 Å². The third-order valence-electron chi connectivity index (χ3n) is 4.16. The van der Waals surface area contributed by atoms with Crippen LogP contribution in [-0.4, -0.2) is 41.5 Å². The highest BCUT2D eigenvalue weighted by molar-refractivity contribution is 7.92. The summed E-state index contributed by atoms with van der Waals surface area (Å²) in [5.41, 5.74) is 1.26. The van der Waals surface area contributed by atoms with Gasteiger partial charge < -0.3 is 4.74 Å². The first-order valence-corrected chi connectivity index (χ1v) is 10.2. The molecular weight excluding hydrogens is 326 g/mol. The molecule has 0 spiro atoms. The zero-order chi connectivity index (χ0) is 16.8. The highest BCUT2D eigenvalue weighted by Crippen LogP contribution is 2.42. The van der Waals surface area contributed by atoms with Crippen LogP contribution in [0.15, 0.2) is 17.0 Å². The molecule has 0 saturated heterocycles. The minimum atomic E-state index is -3.76. The molecule has 0 atom stereocenters. The van der Waals surface area contributed by atoms with Crippen molar-refractivity contribution in [1.82, 2.24) is 4.72 Å². The number of methoxy groups -OCH3 is 1. The number of hydrogen-bond acceptors (Lipinski definition) is 5. The average Bonchev–Trinajstić information content (AvgIpc) is 3.19. The van der Waals surface area contributed by atoms with Gasteiger partial charge in [0.2, 0.25) is 10.0 Å². The van der Waals surface area contributed by atoms with Gasteiger partial charge in [-0.1, -0.05) is 0 Å². The second-order valence-corrected chi connectivity index (χ2v) is 10.0. The third kappa shape index (κ3) is 3.13. The Morgan fingerprint density at radius 3 is 2.18 bits per heavy atom. The Labute approximate surface area is 131 Å². The van der Waals surface area contributed by atoms with E-state index in [2.05, 4.69) is 4.72 Å². The summed E-state index contributed by atoms with van der Waals surface area (Å²) in [6.07, 6.45) is 2.14. The van der Waals surface area contributed by atoms with Gasteiger partial charge in [-0.25, -0.2) is 21.6 Å². The van der Waals surface area contributed by atoms with Crippen molar-refractivity contribution in [3.63, 3.8) is 0 Å². The first kappa shape index (κ1) is 17.2. The van der Waals surface area contributed by atoms with Gasteiger partial charge in [0.1, 0.15) is 5.75 Å². The van der Waals surface area contributed by atoms with Gasteiger partial charge >= 0.3 is 0 Å². The summed E-state index contributed by atoms with van der Waals surface area (Å²) in [5, 5.41) is 0. The molecule has 0 bridgehead atoms. The fraction of sp³-hybridized carbons (Fsp3) is 0.571. The Morgan fingerprint density at radius 2 is 1.73 bits per heavy atom. The summed E-state index contributed by atoms with van der Waals surface area (Å²) in [6.45, 7) is 3.36. The first-order valence-electron chi connectivity index (χ1n) is 6.87. The maximum absolute atomic E-state index is 12.5. The van der Waals surface area contributed by atoms with Crippen LogP contribution in [0.25, 0.3) is 0 Å². The Bertz CT molecular complexity index is 793. The zero-order valence-electron chi connectivity index (χ0n) is 13.1. The Hall–Kier alpha value is -1.12. The zero-order valence-corrected chi connectivity index (χ0v) is 14.8. The van der Waals surface area contributed by atoms with Crippen molar-refractivity contribution in [3.05, 3.63) is 23.3 Å². The molecule has 6 nitrogen and oxygen atoms in total. The average molecular weight is 347 g/mol. The van der Waals surface area contributed by atoms with Crippen LogP contribution < -0.4 is 9.46 Å². The molecule has 1 aromatic rings. The molecule has 1 aromatic carbocycles. The summed E-state index contributed by atoms with van der Waals surface area (Å²) in [4.78, 5) is 0.148. The molecule has 0 amide bonds. The van der Waals surface area contributed by atoms with Crippen molar-refractivity contribution in [2.75, 3.05) is 19.9 Å². The lowest BCUT2D eigenvalue weighted by molar-refractivity contribution is 0.411. The van der Waals surface area contributed by atoms with Crippen molar-refractivity contribution in [2.24, 2.45) is 0 Å². The first-order chi connectivity index (χ1) is 10.0. The number of sulfone groups is 1. The molecule has 0 heterocycles. The molecule has 1 aliphatic carbocycles. The maximum Gasteiger partial charge on any atom is 0.240 e. The minimum absolute atomic E-state index is 0.0846. The molecular formula is C14H21NO5S2. The number of aryl methyl sites for hydroxylation is 2. The van der Waals surface area contributed by atoms with Crippen LogP contribution in [0, 0.1) is 13.8 Å². The quantitative estimate of drug-likeness (QED) is 0.834. The summed E-state index contributed by atoms with van der Waals surface area (Å²) in [7, 11) is -5.51. The van der Waals surface area contributed by atoms with Gasteiger partial charge in [-0.15, -0.1) is 0 Å². The summed E-state index contributed by atoms with van der Waals surface area (Å²) in [5.74, 6) is 0.617. The van der Waals surface area contributed by atoms with Gasteiger partial charge in [0, 0.05) is 12.8 Å². The lowest BCUT2D eigenvalue weighted by atomic mass is 10.1. The van der Waals surface area contributed by atoms with Gasteiger partial charge in [0.05, 0.1) is 16.8 Å². The molecule has 0 unspecified atom stereocenters. The SMILES string of the molecule is COc1cc(C)c(S(=O)(=O)NCC2(S(C)(=O)=O)CC2)cc1C. The summed E-state index contributed by atoms with van der Waals surface area (Å²) < 4.78 is 55.0. The van der Waals surface area contributed by atoms with Crippen LogP contribution in [0.3, 0.4) is 0 Å². The number of sulfonamides is 1. The van der Waals surface area contributed by atoms with E-state index < -0.39 is 24.6 Å². The lowest BCUT2D eigenvalue weighted by Gasteiger charge is -2.16. The molecule has 2 rings (SSSR count). The highest BCUT2D eigenvalue weighted by atomic mass is 32.2. The minimum Gasteiger partial charge on any atom is -0.496 e. The van der Waals surface area contributed by atoms with Gasteiger partial charge in [-0.2, -0.15) is 0 Å². The Kier molecular flexibility index (Phi) is 4.31. The van der Waals surface area contributed by atoms with E-state index in [1.54, 1.807) is 19.9 Å². The monoisotopic (exact) mass is 347 g/mol. The molecule has 1 saturated carbocycles. The van der Waals surface area contributed by atoms with E-state index in [0.717, 1.165) is 6.26 Å². The maximum atomic E-state index is 12.5. The van der Waals surface area contributed by atoms with E-state index in [1.165, 1.54) is 13.2 Å². The largest absolute Gasteiger partial charge is 0.496 e. The predicted molar refractivity (Wildman–Crippen MR) is 84.5 cm³/mol. The van der Waals surface area contributed by atoms with Crippen molar-refractivity contribution in [2.45, 2.75) is 36.3 Å². The standard InChI is InChI=1S/C14H21NO5S2/c1-10-8-13(11(2)7-12(10)20-3)22(18,19)15-9-14(5-6-14)21(4,16)17/h7-8,15H,5-6,9H2,1-4H3. The van der Waals surface area contributed by atoms with Crippen molar-refractivity contribution >= 4 is 19.9 Å². The fourth-order valence-electron chi connectivity index (χ4n) is 2.40. The molecule has 0 aliphatic heterocycles. The van der Waals surface area contributed by atoms with Crippen molar-refractivity contribution in [1.29, 1.82) is 0 Å². The van der Waals surface area contributed by atoms with Crippen LogP contribution in [0.4, 0.5) is 0 Å². The Balaban J connectivity index is 2.27. The highest BCUT2D eigenvalue weighted by Gasteiger charge is 2.52. The number of benzene rings is 1. The number of rotatable bonds is 6. The van der Waals surface area contributed by atoms with E-state index in [0.29, 0.717) is 29.7 Å². The lowest BCUT2D eigenvalue weighted by Crippen LogP contribution is -2.38. The van der Waals surface area contributed by atoms with Gasteiger partial charge in [-0.3, -0.25) is 0 Å². The summed E-state index contributed by atoms with van der Waals surface area (Å²) >= 11 is 0. The van der Waals surface area contributed by atoms with E-state index in [-0.39, 0.29) is 11.4 Å². The second-order valence-electron chi connectivity index (χ2n) is 5.87. The summed E-state index contributed by atoms with van der Waals surface area (Å²) in [6, 6.07) is 3.20. The normalized spacial score (nSPS) is 17.3. The van der Waals surface area contributed by atoms with E-state index >= 15 is 0 Å². The predicted octanol–water partition coefficient (Wildman–Crippen LogP) is 1.17. The molecule has 124 valence electrons. The van der Waals surface area contributed by atoms with Crippen molar-refractivity contribution < 1.29 is 21.6 Å². The fourth-order valence-corrected chi connectivity index (χ4v) is 5.10. The van der Waals surface area contributed by atoms with Crippen LogP contribution in [0.1, 0.15) is 24.0 Å². The molecule has 0 aromatic heterocycles. The topological polar surface area (TPSA) is 89.5 Å². The van der Waals surface area contributed by atoms with Gasteiger partial charge in [-0.05, 0) is 49.9 Å². The molecule has 1 aliphatic rings. The van der Waals surface area contributed by atoms with E-state index in [9.17, 15) is 16.8 Å². The number of ether oxygens (including phenoxy) is 1. The Morgan fingerprint density at radius 1 is 1.14 bits per heavy atom. The van der Waals surface area contributed by atoms with E-state index in [1.807, 2.05) is 0 Å². The molecule has 1 fully saturated rings. The van der Waals surface area contributed by atoms with Crippen LogP contribution in [-0.2, 0) is 19.9 Å². The van der Waals surface area contributed by atoms with Gasteiger partial charge in [0.25, 0.3) is 0 Å². The molecule has 0 radical (unpaired) electrons. The molecule has 1 N–H and O–H groups in total. The van der Waals surface area contributed by atoms with Crippen LogP contribution in [0.2, 0.25) is 0 Å². The molecule has 22 heavy (non-hydrogen) atoms. The van der Waals surface area contributed by atoms with Crippen LogP contribution >= 0.6 is 0 Å². The number of hydrogen-bond donors (Lipinski definition) is 1. The number of nitrogens with one attached hydrogen (secondary N) is 1. The van der Waals surface area contributed by atoms with Gasteiger partial charge in [0.15, 0.2) is 9.84 Å². The van der Waals surface area contributed by atoms with Crippen LogP contribution in [0.5, 0.6) is 5.75 Å². The smallest absolute Gasteiger partial charge is 0.240 e. The third-order valence-corrected chi connectivity index (χ3v) is 7.83.